The van der Waals surface area contributed by atoms with E-state index >= 15 is 8.78 Å². The highest BCUT2D eigenvalue weighted by atomic mass is 19.1. The number of piperidine rings is 2. The lowest BCUT2D eigenvalue weighted by Gasteiger charge is -2.45. The Morgan fingerprint density at radius 2 is 1.62 bits per heavy atom. The molecule has 314 valence electrons. The van der Waals surface area contributed by atoms with Crippen molar-refractivity contribution in [1.82, 2.24) is 39.8 Å². The molecular weight excluding hydrogens is 783 g/mol. The van der Waals surface area contributed by atoms with E-state index in [0.29, 0.717) is 65.8 Å². The van der Waals surface area contributed by atoms with E-state index in [0.717, 1.165) is 60.4 Å². The van der Waals surface area contributed by atoms with Crippen molar-refractivity contribution in [3.63, 3.8) is 0 Å². The van der Waals surface area contributed by atoms with Gasteiger partial charge in [-0.1, -0.05) is 0 Å². The van der Waals surface area contributed by atoms with E-state index in [1.807, 2.05) is 47.9 Å². The number of amides is 4. The molecule has 2 N–H and O–H groups in total. The molecule has 3 aromatic heterocycles. The van der Waals surface area contributed by atoms with Crippen molar-refractivity contribution in [2.45, 2.75) is 71.1 Å². The predicted molar refractivity (Wildman–Crippen MR) is 223 cm³/mol. The Balaban J connectivity index is 0.711. The largest absolute Gasteiger partial charge is 0.368 e. The maximum atomic E-state index is 15.9. The minimum atomic E-state index is -0.782. The number of imide groups is 1. The first kappa shape index (κ1) is 38.9. The molecule has 5 aromatic rings. The third-order valence-corrected chi connectivity index (χ3v) is 13.1. The van der Waals surface area contributed by atoms with Crippen LogP contribution >= 0.6 is 0 Å². The zero-order valence-corrected chi connectivity index (χ0v) is 34.1. The molecule has 4 amide bonds. The number of carbonyl (C=O) groups is 4. The van der Waals surface area contributed by atoms with Gasteiger partial charge in [0.05, 0.1) is 12.2 Å². The van der Waals surface area contributed by atoms with E-state index < -0.39 is 17.8 Å². The summed E-state index contributed by atoms with van der Waals surface area (Å²) in [6.45, 7) is 8.71. The quantitative estimate of drug-likeness (QED) is 0.208. The molecule has 1 atom stereocenters. The van der Waals surface area contributed by atoms with Crippen LogP contribution in [0.4, 0.5) is 26.1 Å². The van der Waals surface area contributed by atoms with Gasteiger partial charge in [0.1, 0.15) is 24.2 Å². The number of benzene rings is 2. The normalized spacial score (nSPS) is 20.2. The molecule has 5 aliphatic heterocycles. The second-order valence-electron chi connectivity index (χ2n) is 17.2. The number of carbonyl (C=O) groups excluding carboxylic acids is 4. The van der Waals surface area contributed by atoms with E-state index in [2.05, 4.69) is 25.5 Å². The predicted octanol–water partition coefficient (Wildman–Crippen LogP) is 4.88. The number of anilines is 3. The van der Waals surface area contributed by atoms with Gasteiger partial charge >= 0.3 is 0 Å². The summed E-state index contributed by atoms with van der Waals surface area (Å²) in [5, 5.41) is 11.8. The van der Waals surface area contributed by atoms with Crippen LogP contribution in [0.25, 0.3) is 21.9 Å². The van der Waals surface area contributed by atoms with Crippen molar-refractivity contribution >= 4 is 51.7 Å². The van der Waals surface area contributed by atoms with Gasteiger partial charge in [-0.05, 0) is 80.5 Å². The topological polar surface area (TPSA) is 149 Å². The number of aromatic nitrogens is 4. The molecule has 16 heteroatoms. The molecule has 1 unspecified atom stereocenters. The number of halogens is 2. The highest BCUT2D eigenvalue weighted by Crippen LogP contribution is 2.37. The first-order valence-electron chi connectivity index (χ1n) is 21.0. The van der Waals surface area contributed by atoms with Crippen LogP contribution in [0.1, 0.15) is 58.6 Å². The lowest BCUT2D eigenvalue weighted by atomic mass is 9.95. The van der Waals surface area contributed by atoms with Crippen LogP contribution in [0.3, 0.4) is 0 Å². The number of nitrogens with zero attached hydrogens (tertiary/aromatic N) is 8. The molecule has 0 spiro atoms. The van der Waals surface area contributed by atoms with Gasteiger partial charge in [0, 0.05) is 122 Å². The first-order chi connectivity index (χ1) is 29.4. The summed E-state index contributed by atoms with van der Waals surface area (Å²) in [4.78, 5) is 67.5. The molecule has 3 saturated heterocycles. The molecule has 10 rings (SSSR count). The zero-order valence-electron chi connectivity index (χ0n) is 34.1. The molecule has 14 nitrogen and oxygen atoms in total. The number of likely N-dealkylation sites (tertiary alicyclic amines) is 1. The summed E-state index contributed by atoms with van der Waals surface area (Å²) in [6, 6.07) is 11.8. The van der Waals surface area contributed by atoms with Crippen molar-refractivity contribution in [2.75, 3.05) is 49.5 Å². The number of aryl methyl sites for hydroxylation is 2. The lowest BCUT2D eigenvalue weighted by Crippen LogP contribution is -2.54. The van der Waals surface area contributed by atoms with E-state index in [9.17, 15) is 19.2 Å². The van der Waals surface area contributed by atoms with E-state index in [1.165, 1.54) is 11.0 Å². The van der Waals surface area contributed by atoms with Crippen LogP contribution in [0.5, 0.6) is 0 Å². The Morgan fingerprint density at radius 1 is 0.803 bits per heavy atom. The van der Waals surface area contributed by atoms with Gasteiger partial charge in [-0.3, -0.25) is 34.2 Å². The standard InChI is InChI=1S/C45H46F2N10O4/c1-25-13-26(2)48-19-34(25)33-14-28-16-39(49-18-29(28)15-36(33)46)50-40-17-31-9-12-55(42(59)24-57(31)52-40)30-7-10-53(11-8-30)20-27-21-54(22-27)37-4-3-32-35(43(37)47)23-56(45(32)61)38-5-6-41(58)51-44(38)60/h3-4,13-19,27,30,38H,5-12,20-24H2,1-2H3,(H,49,50,52)(H,51,58,60). The van der Waals surface area contributed by atoms with Crippen molar-refractivity contribution in [1.29, 1.82) is 0 Å². The van der Waals surface area contributed by atoms with E-state index in [-0.39, 0.29) is 61.1 Å². The molecule has 0 bridgehead atoms. The van der Waals surface area contributed by atoms with Crippen molar-refractivity contribution in [3.05, 3.63) is 94.6 Å². The molecule has 61 heavy (non-hydrogen) atoms. The summed E-state index contributed by atoms with van der Waals surface area (Å²) in [6.07, 6.45) is 6.18. The maximum absolute atomic E-state index is 15.9. The van der Waals surface area contributed by atoms with Gasteiger partial charge in [-0.15, -0.1) is 0 Å². The second kappa shape index (κ2) is 15.3. The maximum Gasteiger partial charge on any atom is 0.255 e. The number of hydrogen-bond donors (Lipinski definition) is 2. The van der Waals surface area contributed by atoms with Crippen LogP contribution in [-0.2, 0) is 33.9 Å². The van der Waals surface area contributed by atoms with Crippen molar-refractivity contribution in [3.8, 4) is 11.1 Å². The minimum absolute atomic E-state index is 0.0105. The van der Waals surface area contributed by atoms with Gasteiger partial charge in [-0.2, -0.15) is 5.10 Å². The highest BCUT2D eigenvalue weighted by molar-refractivity contribution is 6.05. The molecule has 5 aliphatic rings. The highest BCUT2D eigenvalue weighted by Gasteiger charge is 2.42. The lowest BCUT2D eigenvalue weighted by molar-refractivity contribution is -0.137. The summed E-state index contributed by atoms with van der Waals surface area (Å²) in [5.41, 5.74) is 5.08. The average Bonchev–Trinajstić information content (AvgIpc) is 3.71. The van der Waals surface area contributed by atoms with Gasteiger partial charge in [0.2, 0.25) is 17.7 Å². The molecular formula is C45H46F2N10O4. The van der Waals surface area contributed by atoms with E-state index in [4.69, 9.17) is 5.10 Å². The zero-order chi connectivity index (χ0) is 42.1. The SMILES string of the molecule is Cc1cc(C)c(-c2cc3cc(Nc4cc5n(n4)CC(=O)N(C4CCN(CC6CN(c7ccc8c(c7F)CN(C7CCC(=O)NC7=O)C8=O)C6)CC4)CC5)ncc3cc2F)cn1. The van der Waals surface area contributed by atoms with Gasteiger partial charge in [-0.25, -0.2) is 13.8 Å². The van der Waals surface area contributed by atoms with Gasteiger partial charge in [0.15, 0.2) is 11.6 Å². The molecule has 0 radical (unpaired) electrons. The fourth-order valence-corrected chi connectivity index (χ4v) is 9.87. The number of pyridine rings is 2. The van der Waals surface area contributed by atoms with Crippen LogP contribution in [0.2, 0.25) is 0 Å². The molecule has 0 saturated carbocycles. The average molecular weight is 829 g/mol. The second-order valence-corrected chi connectivity index (χ2v) is 17.2. The summed E-state index contributed by atoms with van der Waals surface area (Å²) >= 11 is 0. The Kier molecular flexibility index (Phi) is 9.76. The van der Waals surface area contributed by atoms with E-state index in [1.54, 1.807) is 29.2 Å². The summed E-state index contributed by atoms with van der Waals surface area (Å²) < 4.78 is 32.8. The Hall–Kier alpha value is -6.29. The first-order valence-corrected chi connectivity index (χ1v) is 21.0. The number of fused-ring (bicyclic) bond motifs is 3. The van der Waals surface area contributed by atoms with Gasteiger partial charge in [0.25, 0.3) is 5.91 Å². The van der Waals surface area contributed by atoms with Crippen LogP contribution in [0, 0.1) is 31.4 Å². The molecule has 8 heterocycles. The van der Waals surface area contributed by atoms with Crippen LogP contribution in [0.15, 0.2) is 54.9 Å². The fraction of sp³-hybridized carbons (Fsp3) is 0.400. The van der Waals surface area contributed by atoms with Crippen molar-refractivity contribution in [2.24, 2.45) is 5.92 Å². The Labute approximate surface area is 350 Å². The monoisotopic (exact) mass is 828 g/mol. The fourth-order valence-electron chi connectivity index (χ4n) is 9.87. The molecule has 2 aromatic carbocycles. The third kappa shape index (κ3) is 7.25. The number of rotatable bonds is 8. The minimum Gasteiger partial charge on any atom is -0.368 e. The molecule has 0 aliphatic carbocycles. The summed E-state index contributed by atoms with van der Waals surface area (Å²) in [5.74, 6) is -0.411. The third-order valence-electron chi connectivity index (χ3n) is 13.1. The number of hydrogen-bond acceptors (Lipinski definition) is 10. The molecule has 3 fully saturated rings. The summed E-state index contributed by atoms with van der Waals surface area (Å²) in [7, 11) is 0. The Bertz CT molecular complexity index is 2640. The van der Waals surface area contributed by atoms with Crippen LogP contribution < -0.4 is 15.5 Å². The smallest absolute Gasteiger partial charge is 0.255 e. The Morgan fingerprint density at radius 3 is 2.41 bits per heavy atom. The van der Waals surface area contributed by atoms with Crippen LogP contribution in [-0.4, -0.2) is 109 Å². The van der Waals surface area contributed by atoms with Crippen molar-refractivity contribution < 1.29 is 28.0 Å². The number of nitrogens with one attached hydrogen (secondary N) is 2. The van der Waals surface area contributed by atoms with Gasteiger partial charge < -0.3 is 24.9 Å².